The zero-order chi connectivity index (χ0) is 21.7. The maximum Gasteiger partial charge on any atom is 0.387 e. The van der Waals surface area contributed by atoms with Crippen molar-refractivity contribution in [2.45, 2.75) is 13.2 Å². The molecule has 0 bridgehead atoms. The normalized spacial score (nSPS) is 11.3. The van der Waals surface area contributed by atoms with Crippen LogP contribution >= 0.6 is 34.8 Å². The highest BCUT2D eigenvalue weighted by molar-refractivity contribution is 6.35. The summed E-state index contributed by atoms with van der Waals surface area (Å²) in [5.41, 5.74) is 1.41. The minimum absolute atomic E-state index is 0.0321. The van der Waals surface area contributed by atoms with Gasteiger partial charge in [0.05, 0.1) is 6.54 Å². The Morgan fingerprint density at radius 3 is 2.53 bits per heavy atom. The Labute approximate surface area is 185 Å². The number of ether oxygens (including phenoxy) is 1. The Balaban J connectivity index is 1.62. The second-order valence-electron chi connectivity index (χ2n) is 6.03. The lowest BCUT2D eigenvalue weighted by atomic mass is 10.2. The highest BCUT2D eigenvalue weighted by atomic mass is 35.5. The lowest BCUT2D eigenvalue weighted by Crippen LogP contribution is -2.09. The molecule has 0 fully saturated rings. The molecule has 1 N–H and O–H groups in total. The van der Waals surface area contributed by atoms with Crippen molar-refractivity contribution >= 4 is 52.6 Å². The number of alkyl halides is 2. The van der Waals surface area contributed by atoms with Gasteiger partial charge in [-0.2, -0.15) is 13.9 Å². The second-order valence-corrected chi connectivity index (χ2v) is 7.28. The van der Waals surface area contributed by atoms with Crippen LogP contribution in [0.2, 0.25) is 15.1 Å². The van der Waals surface area contributed by atoms with Crippen molar-refractivity contribution in [3.05, 3.63) is 80.9 Å². The zero-order valence-electron chi connectivity index (χ0n) is 15.2. The van der Waals surface area contributed by atoms with Crippen molar-refractivity contribution < 1.29 is 18.3 Å². The molecule has 0 atom stereocenters. The number of benzene rings is 2. The fourth-order valence-corrected chi connectivity index (χ4v) is 3.14. The van der Waals surface area contributed by atoms with Crippen LogP contribution in [-0.4, -0.2) is 22.3 Å². The maximum atomic E-state index is 12.2. The van der Waals surface area contributed by atoms with E-state index in [0.29, 0.717) is 22.2 Å². The van der Waals surface area contributed by atoms with Crippen molar-refractivity contribution in [3.8, 4) is 5.75 Å². The minimum Gasteiger partial charge on any atom is -0.435 e. The van der Waals surface area contributed by atoms with Gasteiger partial charge in [0.25, 0.3) is 0 Å². The molecule has 0 aliphatic heterocycles. The molecule has 1 amide bonds. The third-order valence-corrected chi connectivity index (χ3v) is 4.70. The van der Waals surface area contributed by atoms with E-state index in [9.17, 15) is 13.6 Å². The molecule has 3 rings (SSSR count). The van der Waals surface area contributed by atoms with Crippen LogP contribution < -0.4 is 10.1 Å². The standard InChI is InChI=1S/C20H14Cl3F2N3O2/c21-14-5-4-13(16(22)9-14)10-28-11-17(23)19(27-28)26-18(29)8-3-12-1-6-15(7-2-12)30-20(24)25/h1-9,11,20H,10H2,(H,26,27,29)/b8-3-. The molecule has 0 aliphatic carbocycles. The second kappa shape index (κ2) is 9.93. The molecule has 0 saturated heterocycles. The van der Waals surface area contributed by atoms with Gasteiger partial charge in [-0.15, -0.1) is 0 Å². The molecule has 0 spiro atoms. The summed E-state index contributed by atoms with van der Waals surface area (Å²) < 4.78 is 30.1. The first-order chi connectivity index (χ1) is 14.3. The summed E-state index contributed by atoms with van der Waals surface area (Å²) in [5, 5.41) is 8.10. The van der Waals surface area contributed by atoms with Gasteiger partial charge in [-0.1, -0.05) is 53.0 Å². The lowest BCUT2D eigenvalue weighted by Gasteiger charge is -2.05. The van der Waals surface area contributed by atoms with Crippen molar-refractivity contribution in [1.82, 2.24) is 9.78 Å². The van der Waals surface area contributed by atoms with Crippen molar-refractivity contribution in [2.75, 3.05) is 5.32 Å². The molecule has 3 aromatic rings. The van der Waals surface area contributed by atoms with E-state index in [-0.39, 0.29) is 16.6 Å². The predicted octanol–water partition coefficient (Wildman–Crippen LogP) is 6.14. The van der Waals surface area contributed by atoms with Crippen LogP contribution in [0.4, 0.5) is 14.6 Å². The number of hydrogen-bond donors (Lipinski definition) is 1. The number of nitrogens with zero attached hydrogens (tertiary/aromatic N) is 2. The first-order valence-electron chi connectivity index (χ1n) is 8.51. The third kappa shape index (κ3) is 6.19. The average Bonchev–Trinajstić information content (AvgIpc) is 3.02. The molecule has 0 saturated carbocycles. The number of nitrogens with one attached hydrogen (secondary N) is 1. The van der Waals surface area contributed by atoms with Crippen LogP contribution in [0.1, 0.15) is 11.1 Å². The summed E-state index contributed by atoms with van der Waals surface area (Å²) in [6, 6.07) is 11.0. The van der Waals surface area contributed by atoms with Gasteiger partial charge in [-0.05, 0) is 41.5 Å². The Morgan fingerprint density at radius 1 is 1.13 bits per heavy atom. The Hall–Kier alpha value is -2.61. The fraction of sp³-hybridized carbons (Fsp3) is 0.100. The van der Waals surface area contributed by atoms with Crippen LogP contribution in [-0.2, 0) is 11.3 Å². The number of carbonyl (C=O) groups excluding carboxylic acids is 1. The van der Waals surface area contributed by atoms with Gasteiger partial charge in [0.1, 0.15) is 10.8 Å². The van der Waals surface area contributed by atoms with Crippen molar-refractivity contribution in [2.24, 2.45) is 0 Å². The van der Waals surface area contributed by atoms with Crippen LogP contribution in [0, 0.1) is 0 Å². The van der Waals surface area contributed by atoms with Crippen LogP contribution in [0.25, 0.3) is 6.08 Å². The number of carbonyl (C=O) groups is 1. The molecule has 5 nitrogen and oxygen atoms in total. The summed E-state index contributed by atoms with van der Waals surface area (Å²) >= 11 is 18.2. The van der Waals surface area contributed by atoms with Crippen LogP contribution in [0.15, 0.2) is 54.7 Å². The van der Waals surface area contributed by atoms with E-state index < -0.39 is 12.5 Å². The topological polar surface area (TPSA) is 56.1 Å². The first-order valence-corrected chi connectivity index (χ1v) is 9.64. The van der Waals surface area contributed by atoms with Gasteiger partial charge in [0.15, 0.2) is 5.82 Å². The number of aromatic nitrogens is 2. The minimum atomic E-state index is -2.89. The van der Waals surface area contributed by atoms with Crippen molar-refractivity contribution in [3.63, 3.8) is 0 Å². The highest BCUT2D eigenvalue weighted by Gasteiger charge is 2.11. The number of rotatable bonds is 7. The fourth-order valence-electron chi connectivity index (χ4n) is 2.48. The van der Waals surface area contributed by atoms with E-state index in [1.807, 2.05) is 0 Å². The van der Waals surface area contributed by atoms with Gasteiger partial charge in [0, 0.05) is 22.3 Å². The monoisotopic (exact) mass is 471 g/mol. The SMILES string of the molecule is O=C(/C=C\c1ccc(OC(F)F)cc1)Nc1nn(Cc2ccc(Cl)cc2Cl)cc1Cl. The Morgan fingerprint density at radius 2 is 1.87 bits per heavy atom. The van der Waals surface area contributed by atoms with E-state index in [1.54, 1.807) is 41.2 Å². The van der Waals surface area contributed by atoms with Crippen molar-refractivity contribution in [1.29, 1.82) is 0 Å². The summed E-state index contributed by atoms with van der Waals surface area (Å²) in [6.07, 6.45) is 4.35. The van der Waals surface area contributed by atoms with Gasteiger partial charge in [-0.25, -0.2) is 0 Å². The molecule has 0 radical (unpaired) electrons. The summed E-state index contributed by atoms with van der Waals surface area (Å²) in [4.78, 5) is 12.1. The number of halogens is 5. The van der Waals surface area contributed by atoms with E-state index in [1.165, 1.54) is 24.3 Å². The van der Waals surface area contributed by atoms with Gasteiger partial charge >= 0.3 is 6.61 Å². The van der Waals surface area contributed by atoms with Gasteiger partial charge in [0.2, 0.25) is 5.91 Å². The summed E-state index contributed by atoms with van der Waals surface area (Å²) in [7, 11) is 0. The maximum absolute atomic E-state index is 12.2. The smallest absolute Gasteiger partial charge is 0.387 e. The molecule has 2 aromatic carbocycles. The van der Waals surface area contributed by atoms with E-state index in [4.69, 9.17) is 34.8 Å². The van der Waals surface area contributed by atoms with Crippen LogP contribution in [0.5, 0.6) is 5.75 Å². The zero-order valence-corrected chi connectivity index (χ0v) is 17.4. The average molecular weight is 473 g/mol. The highest BCUT2D eigenvalue weighted by Crippen LogP contribution is 2.24. The molecule has 1 heterocycles. The number of amides is 1. The summed E-state index contributed by atoms with van der Waals surface area (Å²) in [5.74, 6) is -0.235. The molecule has 0 unspecified atom stereocenters. The molecule has 156 valence electrons. The predicted molar refractivity (Wildman–Crippen MR) is 114 cm³/mol. The Kier molecular flexibility index (Phi) is 7.31. The van der Waals surface area contributed by atoms with Crippen LogP contribution in [0.3, 0.4) is 0 Å². The Bertz CT molecular complexity index is 1070. The third-order valence-electron chi connectivity index (χ3n) is 3.84. The van der Waals surface area contributed by atoms with E-state index in [0.717, 1.165) is 5.56 Å². The largest absolute Gasteiger partial charge is 0.435 e. The molecule has 0 aliphatic rings. The lowest BCUT2D eigenvalue weighted by molar-refractivity contribution is -0.111. The number of anilines is 1. The quantitative estimate of drug-likeness (QED) is 0.420. The van der Waals surface area contributed by atoms with Gasteiger partial charge < -0.3 is 10.1 Å². The molecular weight excluding hydrogens is 459 g/mol. The first kappa shape index (κ1) is 22.1. The van der Waals surface area contributed by atoms with E-state index >= 15 is 0 Å². The molecule has 30 heavy (non-hydrogen) atoms. The summed E-state index contributed by atoms with van der Waals surface area (Å²) in [6.45, 7) is -2.55. The molecule has 1 aromatic heterocycles. The molecule has 10 heteroatoms. The molecular formula is C20H14Cl3F2N3O2. The van der Waals surface area contributed by atoms with Gasteiger partial charge in [-0.3, -0.25) is 9.48 Å². The van der Waals surface area contributed by atoms with E-state index in [2.05, 4.69) is 15.2 Å². The number of hydrogen-bond acceptors (Lipinski definition) is 3.